The SMILES string of the molecule is COc1ccc(N2CCC(NS(=O)(=O)c3ccc(Cl)s3)C2=O)cc1. The highest BCUT2D eigenvalue weighted by Gasteiger charge is 2.36. The quantitative estimate of drug-likeness (QED) is 0.856. The number of amides is 1. The van der Waals surface area contributed by atoms with E-state index >= 15 is 0 Å². The van der Waals surface area contributed by atoms with Crippen molar-refractivity contribution in [3.05, 3.63) is 40.7 Å². The molecule has 1 fully saturated rings. The predicted octanol–water partition coefficient (Wildman–Crippen LogP) is 2.49. The van der Waals surface area contributed by atoms with E-state index in [1.54, 1.807) is 36.3 Å². The zero-order chi connectivity index (χ0) is 17.3. The van der Waals surface area contributed by atoms with Crippen molar-refractivity contribution in [2.24, 2.45) is 0 Å². The number of carbonyl (C=O) groups is 1. The smallest absolute Gasteiger partial charge is 0.250 e. The molecule has 1 unspecified atom stereocenters. The lowest BCUT2D eigenvalue weighted by Crippen LogP contribution is -2.41. The van der Waals surface area contributed by atoms with Gasteiger partial charge in [0.2, 0.25) is 5.91 Å². The van der Waals surface area contributed by atoms with Crippen LogP contribution in [-0.2, 0) is 14.8 Å². The van der Waals surface area contributed by atoms with E-state index in [2.05, 4.69) is 4.72 Å². The first-order valence-corrected chi connectivity index (χ1v) is 9.81. The number of nitrogens with zero attached hydrogens (tertiary/aromatic N) is 1. The maximum absolute atomic E-state index is 12.5. The van der Waals surface area contributed by atoms with Gasteiger partial charge in [-0.3, -0.25) is 4.79 Å². The number of halogens is 1. The molecule has 1 saturated heterocycles. The van der Waals surface area contributed by atoms with E-state index in [0.717, 1.165) is 11.3 Å². The van der Waals surface area contributed by atoms with Crippen LogP contribution in [0.1, 0.15) is 6.42 Å². The summed E-state index contributed by atoms with van der Waals surface area (Å²) >= 11 is 6.74. The Kier molecular flexibility index (Phi) is 4.82. The summed E-state index contributed by atoms with van der Waals surface area (Å²) in [7, 11) is -2.19. The molecule has 0 saturated carbocycles. The molecule has 2 aromatic rings. The molecule has 0 radical (unpaired) electrons. The van der Waals surface area contributed by atoms with Gasteiger partial charge in [0.15, 0.2) is 0 Å². The van der Waals surface area contributed by atoms with Crippen molar-refractivity contribution in [3.8, 4) is 5.75 Å². The van der Waals surface area contributed by atoms with Gasteiger partial charge in [0, 0.05) is 12.2 Å². The normalized spacial score (nSPS) is 18.2. The number of carbonyl (C=O) groups excluding carboxylic acids is 1. The van der Waals surface area contributed by atoms with Crippen LogP contribution in [0.2, 0.25) is 4.34 Å². The van der Waals surface area contributed by atoms with E-state index in [9.17, 15) is 13.2 Å². The number of benzene rings is 1. The van der Waals surface area contributed by atoms with Gasteiger partial charge in [-0.2, -0.15) is 4.72 Å². The first-order chi connectivity index (χ1) is 11.4. The van der Waals surface area contributed by atoms with Gasteiger partial charge < -0.3 is 9.64 Å². The summed E-state index contributed by atoms with van der Waals surface area (Å²) in [5.74, 6) is 0.420. The molecule has 1 aliphatic rings. The second-order valence-corrected chi connectivity index (χ2v) is 8.86. The number of ether oxygens (including phenoxy) is 1. The Hall–Kier alpha value is -1.61. The number of rotatable bonds is 5. The summed E-state index contributed by atoms with van der Waals surface area (Å²) in [6.45, 7) is 0.448. The minimum absolute atomic E-state index is 0.100. The fraction of sp³-hybridized carbons (Fsp3) is 0.267. The Balaban J connectivity index is 1.74. The minimum atomic E-state index is -3.76. The van der Waals surface area contributed by atoms with Crippen LogP contribution in [-0.4, -0.2) is 34.0 Å². The van der Waals surface area contributed by atoms with Gasteiger partial charge >= 0.3 is 0 Å². The van der Waals surface area contributed by atoms with Crippen LogP contribution in [0.5, 0.6) is 5.75 Å². The van der Waals surface area contributed by atoms with Crippen molar-refractivity contribution in [1.82, 2.24) is 4.72 Å². The van der Waals surface area contributed by atoms with Crippen LogP contribution < -0.4 is 14.4 Å². The van der Waals surface area contributed by atoms with Gasteiger partial charge in [-0.25, -0.2) is 8.42 Å². The van der Waals surface area contributed by atoms with Crippen molar-refractivity contribution in [1.29, 1.82) is 0 Å². The van der Waals surface area contributed by atoms with E-state index < -0.39 is 16.1 Å². The van der Waals surface area contributed by atoms with E-state index in [4.69, 9.17) is 16.3 Å². The number of anilines is 1. The average molecular weight is 387 g/mol. The van der Waals surface area contributed by atoms with Gasteiger partial charge in [0.05, 0.1) is 11.4 Å². The molecular formula is C15H15ClN2O4S2. The third-order valence-electron chi connectivity index (χ3n) is 3.70. The number of sulfonamides is 1. The Morgan fingerprint density at radius 1 is 1.25 bits per heavy atom. The lowest BCUT2D eigenvalue weighted by Gasteiger charge is -2.17. The Labute approximate surface area is 149 Å². The van der Waals surface area contributed by atoms with Crippen molar-refractivity contribution in [2.75, 3.05) is 18.6 Å². The molecule has 0 spiro atoms. The first kappa shape index (κ1) is 17.2. The summed E-state index contributed by atoms with van der Waals surface area (Å²) in [6.07, 6.45) is 0.406. The highest BCUT2D eigenvalue weighted by atomic mass is 35.5. The van der Waals surface area contributed by atoms with Crippen LogP contribution in [0.3, 0.4) is 0 Å². The fourth-order valence-electron chi connectivity index (χ4n) is 2.50. The molecule has 3 rings (SSSR count). The van der Waals surface area contributed by atoms with Crippen molar-refractivity contribution in [2.45, 2.75) is 16.7 Å². The predicted molar refractivity (Wildman–Crippen MR) is 93.4 cm³/mol. The van der Waals surface area contributed by atoms with Gasteiger partial charge in [-0.1, -0.05) is 11.6 Å². The molecule has 6 nitrogen and oxygen atoms in total. The molecule has 0 aliphatic carbocycles. The summed E-state index contributed by atoms with van der Waals surface area (Å²) < 4.78 is 32.7. The number of thiophene rings is 1. The van der Waals surface area contributed by atoms with Crippen LogP contribution in [0.15, 0.2) is 40.6 Å². The lowest BCUT2D eigenvalue weighted by atomic mass is 10.2. The van der Waals surface area contributed by atoms with Gasteiger partial charge in [0.25, 0.3) is 10.0 Å². The zero-order valence-electron chi connectivity index (χ0n) is 12.7. The van der Waals surface area contributed by atoms with Crippen molar-refractivity contribution < 1.29 is 17.9 Å². The maximum atomic E-state index is 12.5. The minimum Gasteiger partial charge on any atom is -0.497 e. The summed E-state index contributed by atoms with van der Waals surface area (Å²) in [5.41, 5.74) is 0.710. The van der Waals surface area contributed by atoms with E-state index in [1.165, 1.54) is 12.1 Å². The largest absolute Gasteiger partial charge is 0.497 e. The molecule has 1 aromatic carbocycles. The molecular weight excluding hydrogens is 372 g/mol. The van der Waals surface area contributed by atoms with Crippen LogP contribution in [0.4, 0.5) is 5.69 Å². The molecule has 1 aliphatic heterocycles. The van der Waals surface area contributed by atoms with Crippen LogP contribution in [0, 0.1) is 0 Å². The summed E-state index contributed by atoms with van der Waals surface area (Å²) in [6, 6.07) is 9.22. The first-order valence-electron chi connectivity index (χ1n) is 7.14. The van der Waals surface area contributed by atoms with Gasteiger partial charge in [-0.05, 0) is 42.8 Å². The third kappa shape index (κ3) is 3.41. The molecule has 1 aromatic heterocycles. The maximum Gasteiger partial charge on any atom is 0.250 e. The topological polar surface area (TPSA) is 75.7 Å². The molecule has 1 atom stereocenters. The van der Waals surface area contributed by atoms with Crippen molar-refractivity contribution in [3.63, 3.8) is 0 Å². The third-order valence-corrected chi connectivity index (χ3v) is 6.90. The standard InChI is InChI=1S/C15H15ClN2O4S2/c1-22-11-4-2-10(3-5-11)18-9-8-12(15(18)19)17-24(20,21)14-7-6-13(16)23-14/h2-7,12,17H,8-9H2,1H3. The average Bonchev–Trinajstić information content (AvgIpc) is 3.15. The molecule has 24 heavy (non-hydrogen) atoms. The molecule has 1 amide bonds. The van der Waals surface area contributed by atoms with E-state index in [1.807, 2.05) is 0 Å². The van der Waals surface area contributed by atoms with E-state index in [-0.39, 0.29) is 10.1 Å². The second-order valence-electron chi connectivity index (χ2n) is 5.21. The summed E-state index contributed by atoms with van der Waals surface area (Å²) in [4.78, 5) is 14.1. The Morgan fingerprint density at radius 3 is 2.54 bits per heavy atom. The van der Waals surface area contributed by atoms with Gasteiger partial charge in [-0.15, -0.1) is 11.3 Å². The molecule has 2 heterocycles. The molecule has 0 bridgehead atoms. The second kappa shape index (κ2) is 6.72. The number of nitrogens with one attached hydrogen (secondary N) is 1. The Morgan fingerprint density at radius 2 is 1.96 bits per heavy atom. The van der Waals surface area contributed by atoms with Crippen LogP contribution in [0.25, 0.3) is 0 Å². The molecule has 1 N–H and O–H groups in total. The van der Waals surface area contributed by atoms with Gasteiger partial charge in [0.1, 0.15) is 16.0 Å². The zero-order valence-corrected chi connectivity index (χ0v) is 15.1. The lowest BCUT2D eigenvalue weighted by molar-refractivity contribution is -0.118. The highest BCUT2D eigenvalue weighted by molar-refractivity contribution is 7.91. The number of methoxy groups -OCH3 is 1. The molecule has 128 valence electrons. The van der Waals surface area contributed by atoms with Crippen molar-refractivity contribution >= 4 is 44.6 Å². The number of hydrogen-bond acceptors (Lipinski definition) is 5. The fourth-order valence-corrected chi connectivity index (χ4v) is 5.22. The monoisotopic (exact) mass is 386 g/mol. The summed E-state index contributed by atoms with van der Waals surface area (Å²) in [5, 5.41) is 0. The van der Waals surface area contributed by atoms with E-state index in [0.29, 0.717) is 28.7 Å². The number of hydrogen-bond donors (Lipinski definition) is 1. The molecule has 9 heteroatoms. The highest BCUT2D eigenvalue weighted by Crippen LogP contribution is 2.28. The van der Waals surface area contributed by atoms with Crippen LogP contribution >= 0.6 is 22.9 Å². The Bertz CT molecular complexity index is 849.